The molecule has 1 aliphatic carbocycles. The highest BCUT2D eigenvalue weighted by molar-refractivity contribution is 5.10. The van der Waals surface area contributed by atoms with E-state index in [0.717, 1.165) is 17.8 Å². The van der Waals surface area contributed by atoms with Gasteiger partial charge in [0.25, 0.3) is 0 Å². The van der Waals surface area contributed by atoms with E-state index in [0.29, 0.717) is 6.04 Å². The fourth-order valence-electron chi connectivity index (χ4n) is 2.71. The number of rotatable bonds is 4. The monoisotopic (exact) mass is 257 g/mol. The van der Waals surface area contributed by atoms with E-state index in [1.165, 1.54) is 32.0 Å². The van der Waals surface area contributed by atoms with Crippen LogP contribution < -0.4 is 5.73 Å². The van der Waals surface area contributed by atoms with Crippen LogP contribution in [0.5, 0.6) is 0 Å². The summed E-state index contributed by atoms with van der Waals surface area (Å²) in [6, 6.07) is 4.40. The van der Waals surface area contributed by atoms with E-state index in [9.17, 15) is 0 Å². The van der Waals surface area contributed by atoms with Gasteiger partial charge in [0.05, 0.1) is 23.5 Å². The maximum Gasteiger partial charge on any atom is 0.115 e. The van der Waals surface area contributed by atoms with Crippen molar-refractivity contribution in [1.29, 1.82) is 0 Å². The first-order valence-electron chi connectivity index (χ1n) is 6.88. The molecule has 0 spiro atoms. The predicted molar refractivity (Wildman–Crippen MR) is 72.4 cm³/mol. The number of aromatic nitrogens is 4. The van der Waals surface area contributed by atoms with Crippen LogP contribution >= 0.6 is 0 Å². The van der Waals surface area contributed by atoms with Gasteiger partial charge < -0.3 is 5.73 Å². The van der Waals surface area contributed by atoms with Crippen molar-refractivity contribution in [3.8, 4) is 0 Å². The highest BCUT2D eigenvalue weighted by Crippen LogP contribution is 2.28. The van der Waals surface area contributed by atoms with Crippen molar-refractivity contribution >= 4 is 0 Å². The van der Waals surface area contributed by atoms with E-state index in [1.807, 2.05) is 6.07 Å². The van der Waals surface area contributed by atoms with Crippen molar-refractivity contribution in [2.75, 3.05) is 0 Å². The summed E-state index contributed by atoms with van der Waals surface area (Å²) in [7, 11) is 0. The number of hydrogen-bond donors (Lipinski definition) is 1. The molecule has 2 aromatic heterocycles. The summed E-state index contributed by atoms with van der Waals surface area (Å²) >= 11 is 0. The van der Waals surface area contributed by atoms with E-state index < -0.39 is 0 Å². The van der Waals surface area contributed by atoms with E-state index in [1.54, 1.807) is 6.20 Å². The Morgan fingerprint density at radius 3 is 2.89 bits per heavy atom. The molecule has 5 nitrogen and oxygen atoms in total. The van der Waals surface area contributed by atoms with Gasteiger partial charge in [0.1, 0.15) is 6.33 Å². The van der Waals surface area contributed by atoms with E-state index >= 15 is 0 Å². The van der Waals surface area contributed by atoms with Crippen LogP contribution in [-0.2, 0) is 6.42 Å². The Morgan fingerprint density at radius 1 is 1.32 bits per heavy atom. The van der Waals surface area contributed by atoms with Crippen molar-refractivity contribution < 1.29 is 0 Å². The Balaban J connectivity index is 1.66. The van der Waals surface area contributed by atoms with Crippen LogP contribution in [-0.4, -0.2) is 19.7 Å². The van der Waals surface area contributed by atoms with Crippen LogP contribution in [0, 0.1) is 0 Å². The first-order valence-corrected chi connectivity index (χ1v) is 6.88. The van der Waals surface area contributed by atoms with Gasteiger partial charge in [-0.2, -0.15) is 5.10 Å². The number of nitrogens with two attached hydrogens (primary N) is 1. The molecule has 100 valence electrons. The predicted octanol–water partition coefficient (Wildman–Crippen LogP) is 2.03. The molecule has 1 unspecified atom stereocenters. The van der Waals surface area contributed by atoms with Crippen molar-refractivity contribution in [2.45, 2.75) is 44.2 Å². The van der Waals surface area contributed by atoms with Crippen molar-refractivity contribution in [2.24, 2.45) is 5.73 Å². The Morgan fingerprint density at radius 2 is 2.16 bits per heavy atom. The molecular formula is C14H19N5. The molecule has 2 heterocycles. The molecule has 2 N–H and O–H groups in total. The van der Waals surface area contributed by atoms with Gasteiger partial charge in [0, 0.05) is 18.8 Å². The van der Waals surface area contributed by atoms with Crippen LogP contribution in [0.25, 0.3) is 0 Å². The minimum absolute atomic E-state index is 0.116. The van der Waals surface area contributed by atoms with Gasteiger partial charge in [-0.1, -0.05) is 12.8 Å². The van der Waals surface area contributed by atoms with Gasteiger partial charge in [-0.3, -0.25) is 4.68 Å². The summed E-state index contributed by atoms with van der Waals surface area (Å²) in [5, 5.41) is 4.65. The standard InChI is InChI=1S/C14H19N5/c15-13(14-5-7-16-10-17-14)9-11-6-8-19(18-11)12-3-1-2-4-12/h5-8,10,12-13H,1-4,9,15H2. The van der Waals surface area contributed by atoms with Gasteiger partial charge in [-0.05, 0) is 25.0 Å². The molecule has 0 aliphatic heterocycles. The molecule has 0 saturated heterocycles. The molecule has 5 heteroatoms. The van der Waals surface area contributed by atoms with Crippen molar-refractivity contribution in [1.82, 2.24) is 19.7 Å². The molecule has 1 atom stereocenters. The van der Waals surface area contributed by atoms with Gasteiger partial charge in [-0.25, -0.2) is 9.97 Å². The van der Waals surface area contributed by atoms with Crippen LogP contribution in [0.15, 0.2) is 30.9 Å². The Hall–Kier alpha value is -1.75. The third kappa shape index (κ3) is 2.81. The average Bonchev–Trinajstić information content (AvgIpc) is 3.10. The summed E-state index contributed by atoms with van der Waals surface area (Å²) in [5.74, 6) is 0. The van der Waals surface area contributed by atoms with E-state index in [-0.39, 0.29) is 6.04 Å². The molecule has 3 rings (SSSR count). The van der Waals surface area contributed by atoms with Crippen LogP contribution in [0.2, 0.25) is 0 Å². The average molecular weight is 257 g/mol. The fourth-order valence-corrected chi connectivity index (χ4v) is 2.71. The molecular weight excluding hydrogens is 238 g/mol. The lowest BCUT2D eigenvalue weighted by Gasteiger charge is -2.10. The molecule has 1 fully saturated rings. The maximum absolute atomic E-state index is 6.15. The molecule has 0 aromatic carbocycles. The third-order valence-electron chi connectivity index (χ3n) is 3.78. The zero-order valence-electron chi connectivity index (χ0n) is 10.9. The second-order valence-electron chi connectivity index (χ2n) is 5.17. The third-order valence-corrected chi connectivity index (χ3v) is 3.78. The normalized spacial score (nSPS) is 17.7. The van der Waals surface area contributed by atoms with E-state index in [4.69, 9.17) is 5.73 Å². The molecule has 1 aliphatic rings. The Kier molecular flexibility index (Phi) is 3.55. The Bertz CT molecular complexity index is 516. The molecule has 0 amide bonds. The lowest BCUT2D eigenvalue weighted by Crippen LogP contribution is -2.15. The van der Waals surface area contributed by atoms with Gasteiger partial charge in [0.15, 0.2) is 0 Å². The molecule has 0 bridgehead atoms. The zero-order valence-corrected chi connectivity index (χ0v) is 10.9. The second kappa shape index (κ2) is 5.48. The molecule has 19 heavy (non-hydrogen) atoms. The first-order chi connectivity index (χ1) is 9.33. The van der Waals surface area contributed by atoms with Gasteiger partial charge in [0.2, 0.25) is 0 Å². The minimum Gasteiger partial charge on any atom is -0.322 e. The summed E-state index contributed by atoms with van der Waals surface area (Å²) < 4.78 is 2.11. The van der Waals surface area contributed by atoms with Crippen molar-refractivity contribution in [3.63, 3.8) is 0 Å². The largest absolute Gasteiger partial charge is 0.322 e. The maximum atomic E-state index is 6.15. The van der Waals surface area contributed by atoms with Crippen LogP contribution in [0.1, 0.15) is 49.2 Å². The minimum atomic E-state index is -0.116. The Labute approximate surface area is 112 Å². The highest BCUT2D eigenvalue weighted by Gasteiger charge is 2.18. The second-order valence-corrected chi connectivity index (χ2v) is 5.17. The first kappa shape index (κ1) is 12.3. The SMILES string of the molecule is NC(Cc1ccn(C2CCCC2)n1)c1ccncn1. The summed E-state index contributed by atoms with van der Waals surface area (Å²) in [5.41, 5.74) is 8.06. The zero-order chi connectivity index (χ0) is 13.1. The van der Waals surface area contributed by atoms with Gasteiger partial charge >= 0.3 is 0 Å². The molecule has 2 aromatic rings. The van der Waals surface area contributed by atoms with Gasteiger partial charge in [-0.15, -0.1) is 0 Å². The fraction of sp³-hybridized carbons (Fsp3) is 0.500. The number of nitrogens with zero attached hydrogens (tertiary/aromatic N) is 4. The molecule has 1 saturated carbocycles. The van der Waals surface area contributed by atoms with Crippen molar-refractivity contribution in [3.05, 3.63) is 42.2 Å². The molecule has 0 radical (unpaired) electrons. The smallest absolute Gasteiger partial charge is 0.115 e. The number of hydrogen-bond acceptors (Lipinski definition) is 4. The topological polar surface area (TPSA) is 69.6 Å². The highest BCUT2D eigenvalue weighted by atomic mass is 15.3. The summed E-state index contributed by atoms with van der Waals surface area (Å²) in [4.78, 5) is 8.09. The lowest BCUT2D eigenvalue weighted by atomic mass is 10.1. The van der Waals surface area contributed by atoms with Crippen LogP contribution in [0.3, 0.4) is 0 Å². The lowest BCUT2D eigenvalue weighted by molar-refractivity contribution is 0.461. The summed E-state index contributed by atoms with van der Waals surface area (Å²) in [6.45, 7) is 0. The van der Waals surface area contributed by atoms with Crippen LogP contribution in [0.4, 0.5) is 0 Å². The van der Waals surface area contributed by atoms with E-state index in [2.05, 4.69) is 32.0 Å². The quantitative estimate of drug-likeness (QED) is 0.909. The summed E-state index contributed by atoms with van der Waals surface area (Å²) in [6.07, 6.45) is 11.2.